The molecule has 0 bridgehead atoms. The van der Waals surface area contributed by atoms with Crippen LogP contribution in [-0.4, -0.2) is 42.6 Å². The Bertz CT molecular complexity index is 964. The van der Waals surface area contributed by atoms with E-state index in [2.05, 4.69) is 0 Å². The van der Waals surface area contributed by atoms with Gasteiger partial charge in [-0.1, -0.05) is 36.4 Å². The highest BCUT2D eigenvalue weighted by Gasteiger charge is 2.23. The molecule has 3 aromatic rings. The molecule has 1 aromatic heterocycles. The zero-order valence-corrected chi connectivity index (χ0v) is 16.3. The molecule has 6 heteroatoms. The summed E-state index contributed by atoms with van der Waals surface area (Å²) in [4.78, 5) is 21.0. The van der Waals surface area contributed by atoms with Gasteiger partial charge in [0.15, 0.2) is 6.61 Å². The number of ether oxygens (including phenoxy) is 2. The molecular weight excluding hydrogens is 366 g/mol. The normalized spacial score (nSPS) is 13.3. The van der Waals surface area contributed by atoms with Crippen LogP contribution in [0.3, 0.4) is 0 Å². The molecule has 1 aliphatic rings. The fraction of sp³-hybridized carbons (Fsp3) is 0.217. The minimum Gasteiger partial charge on any atom is -0.492 e. The van der Waals surface area contributed by atoms with Crippen molar-refractivity contribution in [1.29, 1.82) is 0 Å². The Labute approximate surface area is 170 Å². The van der Waals surface area contributed by atoms with Gasteiger partial charge in [-0.05, 0) is 36.4 Å². The van der Waals surface area contributed by atoms with Crippen LogP contribution in [0.15, 0.2) is 72.8 Å². The van der Waals surface area contributed by atoms with E-state index in [0.29, 0.717) is 25.4 Å². The van der Waals surface area contributed by atoms with Gasteiger partial charge in [0.2, 0.25) is 0 Å². The van der Waals surface area contributed by atoms with Gasteiger partial charge in [-0.2, -0.15) is 0 Å². The maximum absolute atomic E-state index is 12.5. The van der Waals surface area contributed by atoms with Crippen molar-refractivity contribution in [2.24, 2.45) is 0 Å². The Balaban J connectivity index is 1.47. The molecule has 0 saturated heterocycles. The van der Waals surface area contributed by atoms with E-state index in [4.69, 9.17) is 14.5 Å². The van der Waals surface area contributed by atoms with Gasteiger partial charge >= 0.3 is 0 Å². The van der Waals surface area contributed by atoms with Crippen molar-refractivity contribution >= 4 is 17.4 Å². The van der Waals surface area contributed by atoms with Crippen molar-refractivity contribution in [2.45, 2.75) is 6.54 Å². The van der Waals surface area contributed by atoms with Gasteiger partial charge < -0.3 is 19.3 Å². The van der Waals surface area contributed by atoms with Gasteiger partial charge in [0.25, 0.3) is 5.91 Å². The summed E-state index contributed by atoms with van der Waals surface area (Å²) in [5.41, 5.74) is 1.79. The first-order valence-electron chi connectivity index (χ1n) is 9.58. The van der Waals surface area contributed by atoms with Crippen LogP contribution in [0.4, 0.5) is 11.5 Å². The maximum Gasteiger partial charge on any atom is 0.260 e. The molecule has 0 unspecified atom stereocenters. The summed E-state index contributed by atoms with van der Waals surface area (Å²) in [5.74, 6) is 2.16. The number of hydrogen-bond acceptors (Lipinski definition) is 5. The standard InChI is InChI=1S/C23H23N3O3/c1-25(18-8-4-2-5-9-18)22-13-12-21-20(24-22)16-26(23(27)17-29-21)14-15-28-19-10-6-3-7-11-19/h2-13H,14-17H2,1H3. The highest BCUT2D eigenvalue weighted by atomic mass is 16.5. The first kappa shape index (κ1) is 18.8. The average Bonchev–Trinajstić information content (AvgIpc) is 2.93. The number of amides is 1. The molecule has 4 rings (SSSR count). The van der Waals surface area contributed by atoms with E-state index in [1.54, 1.807) is 4.90 Å². The number of carbonyl (C=O) groups excluding carboxylic acids is 1. The summed E-state index contributed by atoms with van der Waals surface area (Å²) in [7, 11) is 1.97. The number of para-hydroxylation sites is 2. The number of fused-ring (bicyclic) bond motifs is 1. The summed E-state index contributed by atoms with van der Waals surface area (Å²) < 4.78 is 11.4. The van der Waals surface area contributed by atoms with Crippen molar-refractivity contribution < 1.29 is 14.3 Å². The number of anilines is 2. The third-order valence-electron chi connectivity index (χ3n) is 4.82. The second-order valence-electron chi connectivity index (χ2n) is 6.77. The van der Waals surface area contributed by atoms with Crippen LogP contribution in [0.1, 0.15) is 5.69 Å². The molecule has 6 nitrogen and oxygen atoms in total. The second kappa shape index (κ2) is 8.65. The Morgan fingerprint density at radius 2 is 1.76 bits per heavy atom. The van der Waals surface area contributed by atoms with E-state index >= 15 is 0 Å². The zero-order valence-electron chi connectivity index (χ0n) is 16.3. The minimum atomic E-state index is -0.0716. The van der Waals surface area contributed by atoms with Gasteiger partial charge in [-0.15, -0.1) is 0 Å². The molecule has 148 valence electrons. The average molecular weight is 389 g/mol. The lowest BCUT2D eigenvalue weighted by atomic mass is 10.2. The Kier molecular flexibility index (Phi) is 5.61. The smallest absolute Gasteiger partial charge is 0.260 e. The molecule has 1 aliphatic heterocycles. The van der Waals surface area contributed by atoms with E-state index in [1.807, 2.05) is 84.7 Å². The number of carbonyl (C=O) groups is 1. The number of benzene rings is 2. The molecule has 2 aromatic carbocycles. The van der Waals surface area contributed by atoms with Crippen LogP contribution in [0.25, 0.3) is 0 Å². The first-order valence-corrected chi connectivity index (χ1v) is 9.58. The van der Waals surface area contributed by atoms with E-state index < -0.39 is 0 Å². The predicted molar refractivity (Wildman–Crippen MR) is 112 cm³/mol. The highest BCUT2D eigenvalue weighted by Crippen LogP contribution is 2.28. The molecule has 0 N–H and O–H groups in total. The van der Waals surface area contributed by atoms with Crippen LogP contribution < -0.4 is 14.4 Å². The summed E-state index contributed by atoms with van der Waals surface area (Å²) in [5, 5.41) is 0. The third-order valence-corrected chi connectivity index (χ3v) is 4.82. The largest absolute Gasteiger partial charge is 0.492 e. The number of nitrogens with zero attached hydrogens (tertiary/aromatic N) is 3. The second-order valence-corrected chi connectivity index (χ2v) is 6.77. The minimum absolute atomic E-state index is 0.00783. The lowest BCUT2D eigenvalue weighted by Gasteiger charge is -2.21. The number of hydrogen-bond donors (Lipinski definition) is 0. The molecule has 0 radical (unpaired) electrons. The molecule has 0 fully saturated rings. The first-order chi connectivity index (χ1) is 14.2. The number of rotatable bonds is 6. The van der Waals surface area contributed by atoms with Crippen molar-refractivity contribution in [3.8, 4) is 11.5 Å². The van der Waals surface area contributed by atoms with Crippen LogP contribution in [0.5, 0.6) is 11.5 Å². The topological polar surface area (TPSA) is 54.9 Å². The van der Waals surface area contributed by atoms with Gasteiger partial charge in [0.05, 0.1) is 13.1 Å². The quantitative estimate of drug-likeness (QED) is 0.644. The van der Waals surface area contributed by atoms with Crippen LogP contribution in [0.2, 0.25) is 0 Å². The zero-order chi connectivity index (χ0) is 20.1. The molecule has 0 spiro atoms. The summed E-state index contributed by atoms with van der Waals surface area (Å²) in [6, 6.07) is 23.4. The lowest BCUT2D eigenvalue weighted by Crippen LogP contribution is -2.35. The molecule has 1 amide bonds. The van der Waals surface area contributed by atoms with Gasteiger partial charge in [0, 0.05) is 12.7 Å². The van der Waals surface area contributed by atoms with Gasteiger partial charge in [-0.25, -0.2) is 4.98 Å². The van der Waals surface area contributed by atoms with E-state index in [1.165, 1.54) is 0 Å². The van der Waals surface area contributed by atoms with E-state index in [0.717, 1.165) is 22.9 Å². The Morgan fingerprint density at radius 3 is 2.52 bits per heavy atom. The maximum atomic E-state index is 12.5. The monoisotopic (exact) mass is 389 g/mol. The predicted octanol–water partition coefficient (Wildman–Crippen LogP) is 3.65. The molecule has 29 heavy (non-hydrogen) atoms. The molecule has 0 aliphatic carbocycles. The van der Waals surface area contributed by atoms with Crippen LogP contribution >= 0.6 is 0 Å². The summed E-state index contributed by atoms with van der Waals surface area (Å²) >= 11 is 0. The summed E-state index contributed by atoms with van der Waals surface area (Å²) in [6.07, 6.45) is 0. The molecule has 2 heterocycles. The van der Waals surface area contributed by atoms with E-state index in [9.17, 15) is 4.79 Å². The Morgan fingerprint density at radius 1 is 1.03 bits per heavy atom. The van der Waals surface area contributed by atoms with Crippen molar-refractivity contribution in [2.75, 3.05) is 31.7 Å². The lowest BCUT2D eigenvalue weighted by molar-refractivity contribution is -0.133. The van der Waals surface area contributed by atoms with Gasteiger partial charge in [-0.3, -0.25) is 4.79 Å². The van der Waals surface area contributed by atoms with Gasteiger partial charge in [0.1, 0.15) is 29.6 Å². The fourth-order valence-corrected chi connectivity index (χ4v) is 3.19. The summed E-state index contributed by atoms with van der Waals surface area (Å²) in [6.45, 7) is 1.28. The molecular formula is C23H23N3O3. The SMILES string of the molecule is CN(c1ccccc1)c1ccc2c(n1)CN(CCOc1ccccc1)C(=O)CO2. The number of aromatic nitrogens is 1. The van der Waals surface area contributed by atoms with E-state index in [-0.39, 0.29) is 12.5 Å². The third kappa shape index (κ3) is 4.48. The molecule has 0 saturated carbocycles. The highest BCUT2D eigenvalue weighted by molar-refractivity contribution is 5.78. The molecule has 0 atom stereocenters. The van der Waals surface area contributed by atoms with Crippen molar-refractivity contribution in [3.05, 3.63) is 78.5 Å². The van der Waals surface area contributed by atoms with Crippen LogP contribution in [-0.2, 0) is 11.3 Å². The van der Waals surface area contributed by atoms with Crippen molar-refractivity contribution in [1.82, 2.24) is 9.88 Å². The van der Waals surface area contributed by atoms with Crippen LogP contribution in [0, 0.1) is 0 Å². The Hall–Kier alpha value is -3.54. The fourth-order valence-electron chi connectivity index (χ4n) is 3.19. The number of pyridine rings is 1. The van der Waals surface area contributed by atoms with Crippen molar-refractivity contribution in [3.63, 3.8) is 0 Å².